The molecular weight excluding hydrogens is 320 g/mol. The van der Waals surface area contributed by atoms with Gasteiger partial charge in [-0.2, -0.15) is 0 Å². The van der Waals surface area contributed by atoms with Crippen LogP contribution in [-0.2, 0) is 11.3 Å². The second-order valence-corrected chi connectivity index (χ2v) is 7.77. The number of likely N-dealkylation sites (tertiary alicyclic amines) is 1. The van der Waals surface area contributed by atoms with Crippen LogP contribution in [0.2, 0.25) is 0 Å². The van der Waals surface area contributed by atoms with Crippen LogP contribution in [0.25, 0.3) is 0 Å². The molecule has 3 nitrogen and oxygen atoms in total. The van der Waals surface area contributed by atoms with Crippen molar-refractivity contribution in [2.24, 2.45) is 5.92 Å². The third-order valence-corrected chi connectivity index (χ3v) is 5.29. The fraction of sp³-hybridized carbons (Fsp3) is 0.435. The third-order valence-electron chi connectivity index (χ3n) is 5.29. The van der Waals surface area contributed by atoms with Gasteiger partial charge in [-0.05, 0) is 56.0 Å². The molecule has 1 fully saturated rings. The first-order chi connectivity index (χ1) is 12.5. The van der Waals surface area contributed by atoms with Crippen LogP contribution < -0.4 is 5.32 Å². The zero-order chi connectivity index (χ0) is 18.5. The SMILES string of the molecule is Cc1cccc(CN2CCC(C(=O)Nc3ccccc3C(C)C)CC2)c1. The maximum Gasteiger partial charge on any atom is 0.227 e. The van der Waals surface area contributed by atoms with Crippen molar-refractivity contribution in [1.82, 2.24) is 4.90 Å². The van der Waals surface area contributed by atoms with Crippen LogP contribution in [0, 0.1) is 12.8 Å². The first-order valence-electron chi connectivity index (χ1n) is 9.70. The molecule has 2 aromatic carbocycles. The number of anilines is 1. The Balaban J connectivity index is 1.54. The lowest BCUT2D eigenvalue weighted by atomic mass is 9.94. The van der Waals surface area contributed by atoms with Crippen molar-refractivity contribution in [3.63, 3.8) is 0 Å². The number of carbonyl (C=O) groups is 1. The Morgan fingerprint density at radius 1 is 1.12 bits per heavy atom. The zero-order valence-corrected chi connectivity index (χ0v) is 16.2. The number of carbonyl (C=O) groups excluding carboxylic acids is 1. The number of piperidine rings is 1. The minimum atomic E-state index is 0.115. The molecule has 1 amide bonds. The molecule has 0 bridgehead atoms. The van der Waals surface area contributed by atoms with Crippen LogP contribution in [0.5, 0.6) is 0 Å². The lowest BCUT2D eigenvalue weighted by molar-refractivity contribution is -0.121. The van der Waals surface area contributed by atoms with Gasteiger partial charge in [0.05, 0.1) is 0 Å². The average Bonchev–Trinajstić information content (AvgIpc) is 2.62. The van der Waals surface area contributed by atoms with Gasteiger partial charge in [0, 0.05) is 18.2 Å². The Labute approximate surface area is 157 Å². The summed E-state index contributed by atoms with van der Waals surface area (Å²) in [6.45, 7) is 9.40. The first kappa shape index (κ1) is 18.7. The van der Waals surface area contributed by atoms with Gasteiger partial charge in [0.15, 0.2) is 0 Å². The Hall–Kier alpha value is -2.13. The van der Waals surface area contributed by atoms with Crippen molar-refractivity contribution in [2.75, 3.05) is 18.4 Å². The molecule has 0 aliphatic carbocycles. The van der Waals surface area contributed by atoms with Crippen molar-refractivity contribution in [3.8, 4) is 0 Å². The average molecular weight is 351 g/mol. The molecule has 2 aromatic rings. The van der Waals surface area contributed by atoms with Crippen molar-refractivity contribution in [1.29, 1.82) is 0 Å². The van der Waals surface area contributed by atoms with Crippen molar-refractivity contribution < 1.29 is 4.79 Å². The van der Waals surface area contributed by atoms with E-state index >= 15 is 0 Å². The van der Waals surface area contributed by atoms with Crippen molar-refractivity contribution >= 4 is 11.6 Å². The molecular formula is C23H30N2O. The fourth-order valence-corrected chi connectivity index (χ4v) is 3.77. The molecule has 0 spiro atoms. The highest BCUT2D eigenvalue weighted by Crippen LogP contribution is 2.26. The Morgan fingerprint density at radius 2 is 1.85 bits per heavy atom. The number of rotatable bonds is 5. The van der Waals surface area contributed by atoms with Crippen LogP contribution in [0.4, 0.5) is 5.69 Å². The van der Waals surface area contributed by atoms with E-state index in [9.17, 15) is 4.79 Å². The summed E-state index contributed by atoms with van der Waals surface area (Å²) in [5.41, 5.74) is 4.84. The summed E-state index contributed by atoms with van der Waals surface area (Å²) < 4.78 is 0. The van der Waals surface area contributed by atoms with Crippen molar-refractivity contribution in [3.05, 3.63) is 65.2 Å². The highest BCUT2D eigenvalue weighted by atomic mass is 16.1. The fourth-order valence-electron chi connectivity index (χ4n) is 3.77. The van der Waals surface area contributed by atoms with Gasteiger partial charge in [0.25, 0.3) is 0 Å². The number of hydrogen-bond acceptors (Lipinski definition) is 2. The monoisotopic (exact) mass is 350 g/mol. The predicted molar refractivity (Wildman–Crippen MR) is 108 cm³/mol. The minimum absolute atomic E-state index is 0.115. The lowest BCUT2D eigenvalue weighted by Gasteiger charge is -2.31. The molecule has 1 heterocycles. The summed E-state index contributed by atoms with van der Waals surface area (Å²) >= 11 is 0. The molecule has 0 radical (unpaired) electrons. The quantitative estimate of drug-likeness (QED) is 0.826. The molecule has 1 aliphatic heterocycles. The van der Waals surface area contributed by atoms with E-state index in [1.54, 1.807) is 0 Å². The molecule has 0 aromatic heterocycles. The van der Waals surface area contributed by atoms with E-state index < -0.39 is 0 Å². The van der Waals surface area contributed by atoms with E-state index in [1.165, 1.54) is 16.7 Å². The topological polar surface area (TPSA) is 32.3 Å². The van der Waals surface area contributed by atoms with E-state index in [4.69, 9.17) is 0 Å². The Kier molecular flexibility index (Phi) is 6.10. The normalized spacial score (nSPS) is 16.0. The second-order valence-electron chi connectivity index (χ2n) is 7.77. The highest BCUT2D eigenvalue weighted by Gasteiger charge is 2.25. The molecule has 1 N–H and O–H groups in total. The van der Waals surface area contributed by atoms with Gasteiger partial charge in [-0.25, -0.2) is 0 Å². The molecule has 1 saturated heterocycles. The molecule has 0 saturated carbocycles. The van der Waals surface area contributed by atoms with Crippen LogP contribution in [0.15, 0.2) is 48.5 Å². The molecule has 138 valence electrons. The number of benzene rings is 2. The predicted octanol–water partition coefficient (Wildman–Crippen LogP) is 4.97. The van der Waals surface area contributed by atoms with Gasteiger partial charge in [-0.1, -0.05) is 61.9 Å². The van der Waals surface area contributed by atoms with Crippen LogP contribution in [0.1, 0.15) is 49.3 Å². The van der Waals surface area contributed by atoms with E-state index in [-0.39, 0.29) is 11.8 Å². The number of nitrogens with one attached hydrogen (secondary N) is 1. The molecule has 26 heavy (non-hydrogen) atoms. The first-order valence-corrected chi connectivity index (χ1v) is 9.70. The zero-order valence-electron chi connectivity index (χ0n) is 16.2. The molecule has 0 atom stereocenters. The highest BCUT2D eigenvalue weighted by molar-refractivity contribution is 5.93. The van der Waals surface area contributed by atoms with Crippen LogP contribution >= 0.6 is 0 Å². The number of para-hydroxylation sites is 1. The summed E-state index contributed by atoms with van der Waals surface area (Å²) in [7, 11) is 0. The van der Waals surface area contributed by atoms with E-state index in [0.29, 0.717) is 5.92 Å². The number of aryl methyl sites for hydroxylation is 1. The summed E-state index contributed by atoms with van der Waals surface area (Å²) in [6.07, 6.45) is 1.86. The summed E-state index contributed by atoms with van der Waals surface area (Å²) in [5.74, 6) is 0.694. The van der Waals surface area contributed by atoms with Gasteiger partial charge in [-0.15, -0.1) is 0 Å². The van der Waals surface area contributed by atoms with Crippen molar-refractivity contribution in [2.45, 2.75) is 46.1 Å². The van der Waals surface area contributed by atoms with Gasteiger partial charge < -0.3 is 5.32 Å². The number of hydrogen-bond donors (Lipinski definition) is 1. The van der Waals surface area contributed by atoms with E-state index in [2.05, 4.69) is 61.3 Å². The standard InChI is InChI=1S/C23H30N2O/c1-17(2)21-9-4-5-10-22(21)24-23(26)20-11-13-25(14-12-20)16-19-8-6-7-18(3)15-19/h4-10,15,17,20H,11-14,16H2,1-3H3,(H,24,26). The van der Waals surface area contributed by atoms with Gasteiger partial charge in [0.1, 0.15) is 0 Å². The Bertz CT molecular complexity index is 745. The van der Waals surface area contributed by atoms with Gasteiger partial charge >= 0.3 is 0 Å². The largest absolute Gasteiger partial charge is 0.326 e. The lowest BCUT2D eigenvalue weighted by Crippen LogP contribution is -2.37. The minimum Gasteiger partial charge on any atom is -0.326 e. The Morgan fingerprint density at radius 3 is 2.54 bits per heavy atom. The maximum absolute atomic E-state index is 12.7. The van der Waals surface area contributed by atoms with Crippen LogP contribution in [-0.4, -0.2) is 23.9 Å². The number of amides is 1. The molecule has 3 rings (SSSR count). The summed E-state index contributed by atoms with van der Waals surface area (Å²) in [5, 5.41) is 3.18. The third kappa shape index (κ3) is 4.73. The maximum atomic E-state index is 12.7. The second kappa shape index (κ2) is 8.50. The summed E-state index contributed by atoms with van der Waals surface area (Å²) in [6, 6.07) is 16.8. The summed E-state index contributed by atoms with van der Waals surface area (Å²) in [4.78, 5) is 15.2. The number of nitrogens with zero attached hydrogens (tertiary/aromatic N) is 1. The van der Waals surface area contributed by atoms with Gasteiger partial charge in [0.2, 0.25) is 5.91 Å². The smallest absolute Gasteiger partial charge is 0.227 e. The van der Waals surface area contributed by atoms with Gasteiger partial charge in [-0.3, -0.25) is 9.69 Å². The molecule has 3 heteroatoms. The molecule has 0 unspecified atom stereocenters. The van der Waals surface area contributed by atoms with Crippen LogP contribution in [0.3, 0.4) is 0 Å². The van der Waals surface area contributed by atoms with E-state index in [0.717, 1.165) is 38.2 Å². The molecule has 1 aliphatic rings. The van der Waals surface area contributed by atoms with E-state index in [1.807, 2.05) is 18.2 Å².